The summed E-state index contributed by atoms with van der Waals surface area (Å²) in [6.07, 6.45) is 4.91. The van der Waals surface area contributed by atoms with Crippen LogP contribution in [0.2, 0.25) is 0 Å². The number of hydrogen-bond donors (Lipinski definition) is 0. The summed E-state index contributed by atoms with van der Waals surface area (Å²) in [5.41, 5.74) is 0.860. The van der Waals surface area contributed by atoms with Crippen LogP contribution in [0.4, 0.5) is 5.82 Å². The molecule has 1 saturated heterocycles. The molecule has 3 rings (SSSR count). The zero-order chi connectivity index (χ0) is 13.9. The molecule has 2 aromatic rings. The number of nitrogens with zero attached hydrogens (tertiary/aromatic N) is 6. The molecule has 0 aliphatic carbocycles. The summed E-state index contributed by atoms with van der Waals surface area (Å²) in [6, 6.07) is 0. The van der Waals surface area contributed by atoms with Gasteiger partial charge in [0.1, 0.15) is 5.82 Å². The van der Waals surface area contributed by atoms with E-state index in [2.05, 4.69) is 40.9 Å². The molecule has 7 heteroatoms. The van der Waals surface area contributed by atoms with Gasteiger partial charge in [0, 0.05) is 43.9 Å². The summed E-state index contributed by atoms with van der Waals surface area (Å²) in [6.45, 7) is 7.31. The van der Waals surface area contributed by atoms with E-state index < -0.39 is 0 Å². The molecule has 20 heavy (non-hydrogen) atoms. The molecule has 6 nitrogen and oxygen atoms in total. The monoisotopic (exact) mass is 338 g/mol. The van der Waals surface area contributed by atoms with Gasteiger partial charge in [-0.1, -0.05) is 15.9 Å². The Kier molecular flexibility index (Phi) is 4.16. The van der Waals surface area contributed by atoms with Crippen LogP contribution in [-0.4, -0.2) is 62.5 Å². The van der Waals surface area contributed by atoms with Gasteiger partial charge in [0.25, 0.3) is 0 Å². The van der Waals surface area contributed by atoms with Crippen LogP contribution in [0, 0.1) is 6.92 Å². The number of halogens is 1. The average Bonchev–Trinajstić information content (AvgIpc) is 2.70. The second-order valence-corrected chi connectivity index (χ2v) is 5.86. The van der Waals surface area contributed by atoms with Gasteiger partial charge in [0.15, 0.2) is 5.82 Å². The van der Waals surface area contributed by atoms with Crippen molar-refractivity contribution in [2.75, 3.05) is 43.0 Å². The number of aromatic nitrogens is 4. The van der Waals surface area contributed by atoms with E-state index in [0.29, 0.717) is 0 Å². The molecule has 0 unspecified atom stereocenters. The van der Waals surface area contributed by atoms with Crippen LogP contribution in [0.3, 0.4) is 0 Å². The lowest BCUT2D eigenvalue weighted by Crippen LogP contribution is -2.32. The molecule has 1 aliphatic heterocycles. The normalized spacial score (nSPS) is 17.6. The number of aryl methyl sites for hydroxylation is 1. The minimum Gasteiger partial charge on any atom is -0.352 e. The lowest BCUT2D eigenvalue weighted by atomic mass is 10.4. The average molecular weight is 339 g/mol. The topological polar surface area (TPSA) is 49.6 Å². The highest BCUT2D eigenvalue weighted by atomic mass is 79.9. The van der Waals surface area contributed by atoms with E-state index in [0.717, 1.165) is 61.8 Å². The molecule has 0 radical (unpaired) electrons. The Balaban J connectivity index is 1.84. The van der Waals surface area contributed by atoms with Gasteiger partial charge in [-0.15, -0.1) is 10.2 Å². The number of rotatable bonds is 3. The van der Waals surface area contributed by atoms with Crippen LogP contribution >= 0.6 is 15.9 Å². The van der Waals surface area contributed by atoms with Crippen molar-refractivity contribution < 1.29 is 0 Å². The fraction of sp³-hybridized carbons (Fsp3) is 0.615. The molecule has 0 bridgehead atoms. The third kappa shape index (κ3) is 2.64. The first-order valence-electron chi connectivity index (χ1n) is 6.99. The van der Waals surface area contributed by atoms with Gasteiger partial charge in [-0.25, -0.2) is 4.98 Å². The third-order valence-corrected chi connectivity index (χ3v) is 4.12. The summed E-state index contributed by atoms with van der Waals surface area (Å²) in [7, 11) is 0. The molecule has 0 N–H and O–H groups in total. The van der Waals surface area contributed by atoms with E-state index in [4.69, 9.17) is 0 Å². The van der Waals surface area contributed by atoms with Crippen LogP contribution in [0.5, 0.6) is 0 Å². The molecule has 108 valence electrons. The highest BCUT2D eigenvalue weighted by Crippen LogP contribution is 2.19. The zero-order valence-electron chi connectivity index (χ0n) is 11.7. The van der Waals surface area contributed by atoms with E-state index in [1.165, 1.54) is 0 Å². The number of fused-ring (bicyclic) bond motifs is 1. The molecular weight excluding hydrogens is 320 g/mol. The Morgan fingerprint density at radius 2 is 2.10 bits per heavy atom. The molecule has 0 atom stereocenters. The van der Waals surface area contributed by atoms with Crippen molar-refractivity contribution in [2.24, 2.45) is 0 Å². The molecule has 2 aromatic heterocycles. The summed E-state index contributed by atoms with van der Waals surface area (Å²) in [5.74, 6) is 1.85. The predicted octanol–water partition coefficient (Wildman–Crippen LogP) is 1.34. The minimum atomic E-state index is 0.860. The van der Waals surface area contributed by atoms with E-state index in [9.17, 15) is 0 Å². The van der Waals surface area contributed by atoms with E-state index in [1.54, 1.807) is 0 Å². The molecule has 0 aromatic carbocycles. The van der Waals surface area contributed by atoms with E-state index >= 15 is 0 Å². The first kappa shape index (κ1) is 13.8. The van der Waals surface area contributed by atoms with Gasteiger partial charge in [-0.2, -0.15) is 0 Å². The Hall–Kier alpha value is -1.21. The first-order chi connectivity index (χ1) is 9.79. The molecule has 0 spiro atoms. The van der Waals surface area contributed by atoms with E-state index in [1.807, 2.05) is 23.7 Å². The van der Waals surface area contributed by atoms with Crippen LogP contribution in [0.1, 0.15) is 12.2 Å². The SMILES string of the molecule is Cc1nnc2c(N3CCCN(CCBr)CC3)nccn12. The van der Waals surface area contributed by atoms with Gasteiger partial charge >= 0.3 is 0 Å². The van der Waals surface area contributed by atoms with Gasteiger partial charge in [-0.3, -0.25) is 4.40 Å². The van der Waals surface area contributed by atoms with Crippen molar-refractivity contribution in [3.8, 4) is 0 Å². The second-order valence-electron chi connectivity index (χ2n) is 5.06. The first-order valence-corrected chi connectivity index (χ1v) is 8.11. The molecule has 0 amide bonds. The Labute approximate surface area is 126 Å². The van der Waals surface area contributed by atoms with Crippen molar-refractivity contribution >= 4 is 27.4 Å². The Bertz CT molecular complexity index is 583. The standard InChI is InChI=1S/C13H19BrN6/c1-11-16-17-13-12(15-4-8-20(11)13)19-6-2-5-18(7-3-14)9-10-19/h4,8H,2-3,5-7,9-10H2,1H3. The van der Waals surface area contributed by atoms with Gasteiger partial charge in [0.2, 0.25) is 5.65 Å². The maximum absolute atomic E-state index is 4.53. The fourth-order valence-corrected chi connectivity index (χ4v) is 3.18. The van der Waals surface area contributed by atoms with Crippen molar-refractivity contribution in [1.82, 2.24) is 24.5 Å². The van der Waals surface area contributed by atoms with Crippen molar-refractivity contribution in [2.45, 2.75) is 13.3 Å². The van der Waals surface area contributed by atoms with Crippen molar-refractivity contribution in [3.63, 3.8) is 0 Å². The van der Waals surface area contributed by atoms with E-state index in [-0.39, 0.29) is 0 Å². The zero-order valence-corrected chi connectivity index (χ0v) is 13.3. The van der Waals surface area contributed by atoms with Gasteiger partial charge < -0.3 is 9.80 Å². The van der Waals surface area contributed by atoms with Crippen LogP contribution < -0.4 is 4.90 Å². The minimum absolute atomic E-state index is 0.860. The number of alkyl halides is 1. The molecule has 1 fully saturated rings. The highest BCUT2D eigenvalue weighted by Gasteiger charge is 2.19. The second kappa shape index (κ2) is 6.05. The Morgan fingerprint density at radius 3 is 2.95 bits per heavy atom. The summed E-state index contributed by atoms with van der Waals surface area (Å²) in [4.78, 5) is 9.35. The van der Waals surface area contributed by atoms with Crippen LogP contribution in [0.15, 0.2) is 12.4 Å². The van der Waals surface area contributed by atoms with Gasteiger partial charge in [-0.05, 0) is 19.9 Å². The molecule has 3 heterocycles. The van der Waals surface area contributed by atoms with Gasteiger partial charge in [0.05, 0.1) is 0 Å². The Morgan fingerprint density at radius 1 is 1.20 bits per heavy atom. The van der Waals surface area contributed by atoms with Crippen molar-refractivity contribution in [3.05, 3.63) is 18.2 Å². The molecule has 1 aliphatic rings. The third-order valence-electron chi connectivity index (χ3n) is 3.77. The van der Waals surface area contributed by atoms with Crippen LogP contribution in [-0.2, 0) is 0 Å². The number of hydrogen-bond acceptors (Lipinski definition) is 5. The smallest absolute Gasteiger partial charge is 0.203 e. The lowest BCUT2D eigenvalue weighted by Gasteiger charge is -2.22. The maximum Gasteiger partial charge on any atom is 0.203 e. The maximum atomic E-state index is 4.53. The molecule has 0 saturated carbocycles. The fourth-order valence-electron chi connectivity index (χ4n) is 2.68. The summed E-state index contributed by atoms with van der Waals surface area (Å²) >= 11 is 3.52. The highest BCUT2D eigenvalue weighted by molar-refractivity contribution is 9.09. The summed E-state index contributed by atoms with van der Waals surface area (Å²) < 4.78 is 2.00. The van der Waals surface area contributed by atoms with Crippen LogP contribution in [0.25, 0.3) is 5.65 Å². The quantitative estimate of drug-likeness (QED) is 0.790. The van der Waals surface area contributed by atoms with Crippen molar-refractivity contribution in [1.29, 1.82) is 0 Å². The number of anilines is 1. The summed E-state index contributed by atoms with van der Waals surface area (Å²) in [5, 5.41) is 9.45. The predicted molar refractivity (Wildman–Crippen MR) is 82.6 cm³/mol. The lowest BCUT2D eigenvalue weighted by molar-refractivity contribution is 0.313. The molecular formula is C13H19BrN6. The largest absolute Gasteiger partial charge is 0.352 e.